The minimum Gasteiger partial charge on any atom is -0.394 e. The number of fused-ring (bicyclic) bond motifs is 1. The van der Waals surface area contributed by atoms with Gasteiger partial charge in [-0.25, -0.2) is 0 Å². The van der Waals surface area contributed by atoms with Gasteiger partial charge in [-0.15, -0.1) is 0 Å². The first-order chi connectivity index (χ1) is 20.0. The minimum absolute atomic E-state index is 0.0341. The van der Waals surface area contributed by atoms with Crippen molar-refractivity contribution in [3.8, 4) is 0 Å². The van der Waals surface area contributed by atoms with Crippen molar-refractivity contribution >= 4 is 0 Å². The molecule has 5 aliphatic rings. The molecule has 0 radical (unpaired) electrons. The van der Waals surface area contributed by atoms with Crippen LogP contribution in [-0.2, 0) is 23.7 Å². The Morgan fingerprint density at radius 1 is 0.524 bits per heavy atom. The quantitative estimate of drug-likeness (QED) is 0.131. The predicted octanol–water partition coefficient (Wildman–Crippen LogP) is -4.16. The molecule has 0 spiro atoms. The first-order valence-corrected chi connectivity index (χ1v) is 15.0. The maximum Gasteiger partial charge on any atom is 0.187 e. The second kappa shape index (κ2) is 13.8. The Morgan fingerprint density at radius 3 is 1.57 bits per heavy atom. The van der Waals surface area contributed by atoms with Gasteiger partial charge in [-0.3, -0.25) is 0 Å². The van der Waals surface area contributed by atoms with Gasteiger partial charge in [0, 0.05) is 12.3 Å². The molecule has 0 aromatic carbocycles. The van der Waals surface area contributed by atoms with Crippen LogP contribution in [-0.4, -0.2) is 162 Å². The van der Waals surface area contributed by atoms with E-state index in [2.05, 4.69) is 0 Å². The van der Waals surface area contributed by atoms with E-state index in [1.807, 2.05) is 0 Å². The van der Waals surface area contributed by atoms with E-state index in [1.54, 1.807) is 0 Å². The monoisotopic (exact) mass is 610 g/mol. The van der Waals surface area contributed by atoms with Gasteiger partial charge in [0.05, 0.1) is 49.8 Å². The second-order valence-corrected chi connectivity index (χ2v) is 12.5. The Hall–Kier alpha value is -0.600. The van der Waals surface area contributed by atoms with Gasteiger partial charge in [-0.1, -0.05) is 0 Å². The third-order valence-corrected chi connectivity index (χ3v) is 9.69. The maximum atomic E-state index is 10.7. The number of rotatable bonds is 7. The number of aliphatic hydroxyl groups excluding tert-OH is 10. The SMILES string of the molecule is OC[C@H]1O[C@H](OC2CC(O)CC3OC(C4CCC(O)CC4)C(O[C@H]4O[C@H](CO)[C@@H](O)[C@H](O)[C@H]4O)CC32)[C@H](O)[C@@H](O)[C@@H]1O. The molecule has 3 heterocycles. The molecular formula is C27H46O15. The van der Waals surface area contributed by atoms with Gasteiger partial charge in [0.1, 0.15) is 48.8 Å². The fourth-order valence-electron chi connectivity index (χ4n) is 7.21. The van der Waals surface area contributed by atoms with Crippen molar-refractivity contribution in [3.05, 3.63) is 0 Å². The van der Waals surface area contributed by atoms with Gasteiger partial charge in [-0.2, -0.15) is 0 Å². The molecule has 3 aliphatic heterocycles. The molecule has 0 bridgehead atoms. The van der Waals surface area contributed by atoms with Crippen LogP contribution in [0.5, 0.6) is 0 Å². The number of hydrogen-bond donors (Lipinski definition) is 10. The molecule has 15 heteroatoms. The summed E-state index contributed by atoms with van der Waals surface area (Å²) < 4.78 is 30.1. The first-order valence-electron chi connectivity index (χ1n) is 15.0. The highest BCUT2D eigenvalue weighted by atomic mass is 16.7. The molecule has 16 atom stereocenters. The molecule has 0 aromatic rings. The molecule has 15 nitrogen and oxygen atoms in total. The van der Waals surface area contributed by atoms with E-state index in [4.69, 9.17) is 23.7 Å². The van der Waals surface area contributed by atoms with Gasteiger partial charge >= 0.3 is 0 Å². The zero-order chi connectivity index (χ0) is 30.3. The molecule has 2 aliphatic carbocycles. The summed E-state index contributed by atoms with van der Waals surface area (Å²) in [7, 11) is 0. The molecule has 2 saturated carbocycles. The number of ether oxygens (including phenoxy) is 5. The maximum absolute atomic E-state index is 10.7. The highest BCUT2D eigenvalue weighted by Crippen LogP contribution is 2.44. The van der Waals surface area contributed by atoms with E-state index in [0.29, 0.717) is 25.7 Å². The average molecular weight is 611 g/mol. The lowest BCUT2D eigenvalue weighted by Crippen LogP contribution is -2.63. The lowest BCUT2D eigenvalue weighted by Gasteiger charge is -2.52. The van der Waals surface area contributed by atoms with Gasteiger partial charge in [-0.05, 0) is 44.4 Å². The first kappa shape index (κ1) is 32.8. The lowest BCUT2D eigenvalue weighted by atomic mass is 9.73. The van der Waals surface area contributed by atoms with E-state index < -0.39 is 117 Å². The van der Waals surface area contributed by atoms with Crippen molar-refractivity contribution in [2.45, 2.75) is 143 Å². The highest BCUT2D eigenvalue weighted by Gasteiger charge is 2.53. The van der Waals surface area contributed by atoms with Crippen LogP contribution >= 0.6 is 0 Å². The Morgan fingerprint density at radius 2 is 1.05 bits per heavy atom. The van der Waals surface area contributed by atoms with Crippen molar-refractivity contribution < 1.29 is 74.7 Å². The molecule has 244 valence electrons. The van der Waals surface area contributed by atoms with Crippen molar-refractivity contribution in [2.75, 3.05) is 13.2 Å². The molecular weight excluding hydrogens is 564 g/mol. The van der Waals surface area contributed by atoms with Crippen LogP contribution in [0.25, 0.3) is 0 Å². The van der Waals surface area contributed by atoms with E-state index in [-0.39, 0.29) is 25.2 Å². The second-order valence-electron chi connectivity index (χ2n) is 12.5. The summed E-state index contributed by atoms with van der Waals surface area (Å²) in [4.78, 5) is 0. The molecule has 5 rings (SSSR count). The summed E-state index contributed by atoms with van der Waals surface area (Å²) in [5, 5.41) is 102. The van der Waals surface area contributed by atoms with Crippen molar-refractivity contribution in [2.24, 2.45) is 11.8 Å². The minimum atomic E-state index is -1.64. The Balaban J connectivity index is 1.36. The summed E-state index contributed by atoms with van der Waals surface area (Å²) in [5.74, 6) is -0.464. The van der Waals surface area contributed by atoms with Gasteiger partial charge in [0.2, 0.25) is 0 Å². The van der Waals surface area contributed by atoms with Crippen LogP contribution in [0, 0.1) is 11.8 Å². The van der Waals surface area contributed by atoms with E-state index in [1.165, 1.54) is 0 Å². The van der Waals surface area contributed by atoms with E-state index >= 15 is 0 Å². The molecule has 6 unspecified atom stereocenters. The summed E-state index contributed by atoms with van der Waals surface area (Å²) in [6.45, 7) is -1.24. The number of hydrogen-bond acceptors (Lipinski definition) is 15. The van der Waals surface area contributed by atoms with Crippen molar-refractivity contribution in [1.82, 2.24) is 0 Å². The zero-order valence-corrected chi connectivity index (χ0v) is 23.3. The highest BCUT2D eigenvalue weighted by molar-refractivity contribution is 4.99. The van der Waals surface area contributed by atoms with Gasteiger partial charge in [0.15, 0.2) is 12.6 Å². The molecule has 5 fully saturated rings. The van der Waals surface area contributed by atoms with Crippen LogP contribution in [0.4, 0.5) is 0 Å². The standard InChI is InChI=1S/C27H46O15/c28-8-17-19(32)21(34)23(36)26(41-17)39-15-6-12(31)5-14-13(15)7-16(25(38-14)10-1-3-11(30)4-2-10)40-27-24(37)22(35)20(33)18(9-29)42-27/h10-37H,1-9H2/t10?,11?,12?,13?,14?,15?,16?,17-,18-,19-,20-,21+,22+,23-,24-,25?,26+,27+/m1/s1. The molecule has 42 heavy (non-hydrogen) atoms. The summed E-state index contributed by atoms with van der Waals surface area (Å²) >= 11 is 0. The van der Waals surface area contributed by atoms with Crippen LogP contribution in [0.3, 0.4) is 0 Å². The van der Waals surface area contributed by atoms with E-state index in [9.17, 15) is 51.1 Å². The third-order valence-electron chi connectivity index (χ3n) is 9.69. The largest absolute Gasteiger partial charge is 0.394 e. The fourth-order valence-corrected chi connectivity index (χ4v) is 7.21. The van der Waals surface area contributed by atoms with Crippen LogP contribution in [0.2, 0.25) is 0 Å². The van der Waals surface area contributed by atoms with E-state index in [0.717, 1.165) is 0 Å². The topological polar surface area (TPSA) is 248 Å². The summed E-state index contributed by atoms with van der Waals surface area (Å²) in [5.41, 5.74) is 0. The Kier molecular flexibility index (Phi) is 10.8. The molecule has 3 saturated heterocycles. The average Bonchev–Trinajstić information content (AvgIpc) is 2.98. The smallest absolute Gasteiger partial charge is 0.187 e. The Labute approximate surface area is 243 Å². The third kappa shape index (κ3) is 6.66. The summed E-state index contributed by atoms with van der Waals surface area (Å²) in [6.07, 6.45) is -15.5. The van der Waals surface area contributed by atoms with Crippen molar-refractivity contribution in [3.63, 3.8) is 0 Å². The molecule has 0 amide bonds. The van der Waals surface area contributed by atoms with Crippen LogP contribution < -0.4 is 0 Å². The molecule has 0 aromatic heterocycles. The van der Waals surface area contributed by atoms with Gasteiger partial charge < -0.3 is 74.7 Å². The van der Waals surface area contributed by atoms with Crippen LogP contribution in [0.15, 0.2) is 0 Å². The molecule has 10 N–H and O–H groups in total. The lowest BCUT2D eigenvalue weighted by molar-refractivity contribution is -0.344. The number of aliphatic hydroxyl groups is 10. The Bertz CT molecular complexity index is 855. The normalized spacial score (nSPS) is 53.9. The fraction of sp³-hybridized carbons (Fsp3) is 1.00. The summed E-state index contributed by atoms with van der Waals surface area (Å²) in [6, 6.07) is 0. The predicted molar refractivity (Wildman–Crippen MR) is 137 cm³/mol. The zero-order valence-electron chi connectivity index (χ0n) is 23.3. The van der Waals surface area contributed by atoms with Crippen molar-refractivity contribution in [1.29, 1.82) is 0 Å². The van der Waals surface area contributed by atoms with Gasteiger partial charge in [0.25, 0.3) is 0 Å². The van der Waals surface area contributed by atoms with Crippen LogP contribution in [0.1, 0.15) is 44.9 Å².